The molecule has 1 saturated heterocycles. The van der Waals surface area contributed by atoms with Crippen LogP contribution in [0.4, 0.5) is 13.2 Å². The lowest BCUT2D eigenvalue weighted by atomic mass is 9.83. The normalized spacial score (nSPS) is 32.7. The van der Waals surface area contributed by atoms with Crippen molar-refractivity contribution in [3.05, 3.63) is 35.4 Å². The van der Waals surface area contributed by atoms with Gasteiger partial charge in [-0.05, 0) is 31.5 Å². The van der Waals surface area contributed by atoms with Crippen molar-refractivity contribution in [3.63, 3.8) is 0 Å². The van der Waals surface area contributed by atoms with Crippen molar-refractivity contribution in [3.8, 4) is 0 Å². The molecule has 0 spiro atoms. The number of hydrogen-bond acceptors (Lipinski definition) is 4. The zero-order chi connectivity index (χ0) is 16.8. The molecule has 6 N–H and O–H groups in total. The highest BCUT2D eigenvalue weighted by atomic mass is 19.4. The Labute approximate surface area is 126 Å². The van der Waals surface area contributed by atoms with E-state index in [1.807, 2.05) is 0 Å². The predicted octanol–water partition coefficient (Wildman–Crippen LogP) is 0.799. The number of alkyl halides is 3. The van der Waals surface area contributed by atoms with Crippen molar-refractivity contribution in [2.45, 2.75) is 37.3 Å². The van der Waals surface area contributed by atoms with Gasteiger partial charge in [0.05, 0.1) is 11.7 Å². The van der Waals surface area contributed by atoms with E-state index < -0.39 is 29.3 Å². The summed E-state index contributed by atoms with van der Waals surface area (Å²) in [6.07, 6.45) is -5.83. The summed E-state index contributed by atoms with van der Waals surface area (Å²) in [5.74, 6) is -0.598. The first-order valence-electron chi connectivity index (χ1n) is 6.75. The number of carbonyl (C=O) groups is 1. The fourth-order valence-corrected chi connectivity index (χ4v) is 2.49. The molecular weight excluding hydrogens is 297 g/mol. The Balaban J connectivity index is 2.31. The third-order valence-corrected chi connectivity index (χ3v) is 4.28. The number of amides is 1. The number of benzene rings is 1. The van der Waals surface area contributed by atoms with Gasteiger partial charge in [0.15, 0.2) is 0 Å². The van der Waals surface area contributed by atoms with E-state index in [0.29, 0.717) is 11.1 Å². The maximum Gasteiger partial charge on any atom is 0.409 e. The average molecular weight is 316 g/mol. The van der Waals surface area contributed by atoms with Gasteiger partial charge in [0, 0.05) is 12.1 Å². The lowest BCUT2D eigenvalue weighted by molar-refractivity contribution is -0.208. The molecule has 1 amide bonds. The molecule has 3 unspecified atom stereocenters. The first-order chi connectivity index (χ1) is 9.99. The zero-order valence-electron chi connectivity index (χ0n) is 12.3. The highest BCUT2D eigenvalue weighted by molar-refractivity contribution is 5.92. The van der Waals surface area contributed by atoms with Crippen molar-refractivity contribution in [2.24, 2.45) is 11.5 Å². The van der Waals surface area contributed by atoms with E-state index in [4.69, 9.17) is 11.5 Å². The Hall–Kier alpha value is -1.64. The zero-order valence-corrected chi connectivity index (χ0v) is 12.3. The third kappa shape index (κ3) is 2.69. The minimum Gasteiger partial charge on any atom is -0.366 e. The highest BCUT2D eigenvalue weighted by Crippen LogP contribution is 2.36. The Morgan fingerprint density at radius 2 is 2.00 bits per heavy atom. The molecule has 1 aliphatic heterocycles. The quantitative estimate of drug-likeness (QED) is 0.649. The van der Waals surface area contributed by atoms with Crippen LogP contribution in [-0.4, -0.2) is 30.3 Å². The number of hydrogen-bond donors (Lipinski definition) is 4. The number of primary amides is 1. The van der Waals surface area contributed by atoms with E-state index in [0.717, 1.165) is 6.92 Å². The number of carbonyl (C=O) groups excluding carboxylic acids is 1. The second kappa shape index (κ2) is 5.22. The van der Waals surface area contributed by atoms with Crippen molar-refractivity contribution in [1.29, 1.82) is 0 Å². The van der Waals surface area contributed by atoms with Crippen molar-refractivity contribution in [1.82, 2.24) is 10.6 Å². The van der Waals surface area contributed by atoms with Crippen molar-refractivity contribution < 1.29 is 18.0 Å². The lowest BCUT2D eigenvalue weighted by Crippen LogP contribution is -2.78. The summed E-state index contributed by atoms with van der Waals surface area (Å²) in [4.78, 5) is 11.3. The fourth-order valence-electron chi connectivity index (χ4n) is 2.49. The van der Waals surface area contributed by atoms with E-state index in [-0.39, 0.29) is 6.54 Å². The molecule has 8 heteroatoms. The SMILES string of the molecule is CC1(c2cccc(C(N)=O)c2)CNC(C)(C(F)(F)F)C(N)N1. The number of halogens is 3. The van der Waals surface area contributed by atoms with Crippen LogP contribution in [-0.2, 0) is 5.54 Å². The van der Waals surface area contributed by atoms with Gasteiger partial charge in [0.25, 0.3) is 0 Å². The second-order valence-electron chi connectivity index (χ2n) is 5.95. The molecule has 0 radical (unpaired) electrons. The van der Waals surface area contributed by atoms with Crippen LogP contribution in [0.2, 0.25) is 0 Å². The number of nitrogens with two attached hydrogens (primary N) is 2. The summed E-state index contributed by atoms with van der Waals surface area (Å²) < 4.78 is 39.5. The van der Waals surface area contributed by atoms with Gasteiger partial charge in [-0.25, -0.2) is 0 Å². The molecule has 122 valence electrons. The number of rotatable bonds is 2. The first-order valence-corrected chi connectivity index (χ1v) is 6.75. The Bertz CT molecular complexity index is 592. The Kier molecular flexibility index (Phi) is 3.97. The Morgan fingerprint density at radius 1 is 1.36 bits per heavy atom. The summed E-state index contributed by atoms with van der Waals surface area (Å²) in [7, 11) is 0. The highest BCUT2D eigenvalue weighted by Gasteiger charge is 2.58. The van der Waals surface area contributed by atoms with Crippen molar-refractivity contribution >= 4 is 5.91 Å². The lowest BCUT2D eigenvalue weighted by Gasteiger charge is -2.49. The molecule has 1 aromatic carbocycles. The fraction of sp³-hybridized carbons (Fsp3) is 0.500. The molecule has 0 saturated carbocycles. The standard InChI is InChI=1S/C14H19F3N4O/c1-12(9-5-3-4-8(6-9)10(18)22)7-20-13(2,11(19)21-12)14(15,16)17/h3-6,11,20-21H,7,19H2,1-2H3,(H2,18,22). The van der Waals surface area contributed by atoms with Gasteiger partial charge in [-0.2, -0.15) is 13.2 Å². The van der Waals surface area contributed by atoms with Gasteiger partial charge in [0.1, 0.15) is 5.54 Å². The largest absolute Gasteiger partial charge is 0.409 e. The van der Waals surface area contributed by atoms with E-state index in [1.54, 1.807) is 31.2 Å². The van der Waals surface area contributed by atoms with Gasteiger partial charge < -0.3 is 11.5 Å². The van der Waals surface area contributed by atoms with Crippen LogP contribution in [0, 0.1) is 0 Å². The monoisotopic (exact) mass is 316 g/mol. The van der Waals surface area contributed by atoms with Crippen LogP contribution < -0.4 is 22.1 Å². The smallest absolute Gasteiger partial charge is 0.366 e. The van der Waals surface area contributed by atoms with Crippen LogP contribution in [0.5, 0.6) is 0 Å². The molecule has 1 aromatic rings. The van der Waals surface area contributed by atoms with Gasteiger partial charge in [0.2, 0.25) is 5.91 Å². The third-order valence-electron chi connectivity index (χ3n) is 4.28. The summed E-state index contributed by atoms with van der Waals surface area (Å²) in [6.45, 7) is 2.74. The first kappa shape index (κ1) is 16.7. The predicted molar refractivity (Wildman–Crippen MR) is 75.9 cm³/mol. The molecule has 1 fully saturated rings. The van der Waals surface area contributed by atoms with Crippen LogP contribution in [0.1, 0.15) is 29.8 Å². The Morgan fingerprint density at radius 3 is 2.50 bits per heavy atom. The van der Waals surface area contributed by atoms with Crippen molar-refractivity contribution in [2.75, 3.05) is 6.54 Å². The van der Waals surface area contributed by atoms with Crippen LogP contribution in [0.15, 0.2) is 24.3 Å². The molecule has 1 aliphatic rings. The molecule has 2 rings (SSSR count). The summed E-state index contributed by atoms with van der Waals surface area (Å²) >= 11 is 0. The van der Waals surface area contributed by atoms with Crippen LogP contribution in [0.3, 0.4) is 0 Å². The molecule has 3 atom stereocenters. The maximum atomic E-state index is 13.2. The summed E-state index contributed by atoms with van der Waals surface area (Å²) in [6, 6.07) is 6.45. The molecule has 0 aliphatic carbocycles. The van der Waals surface area contributed by atoms with Gasteiger partial charge in [-0.1, -0.05) is 12.1 Å². The molecule has 0 bridgehead atoms. The molecule has 22 heavy (non-hydrogen) atoms. The topological polar surface area (TPSA) is 93.2 Å². The minimum atomic E-state index is -4.49. The van der Waals surface area contributed by atoms with E-state index in [2.05, 4.69) is 10.6 Å². The maximum absolute atomic E-state index is 13.2. The van der Waals surface area contributed by atoms with Gasteiger partial charge >= 0.3 is 6.18 Å². The van der Waals surface area contributed by atoms with Gasteiger partial charge in [-0.3, -0.25) is 15.4 Å². The van der Waals surface area contributed by atoms with Gasteiger partial charge in [-0.15, -0.1) is 0 Å². The van der Waals surface area contributed by atoms with E-state index in [1.165, 1.54) is 0 Å². The summed E-state index contributed by atoms with van der Waals surface area (Å²) in [5, 5.41) is 5.31. The number of piperazine rings is 1. The van der Waals surface area contributed by atoms with Crippen LogP contribution >= 0.6 is 0 Å². The number of nitrogens with one attached hydrogen (secondary N) is 2. The van der Waals surface area contributed by atoms with Crippen LogP contribution in [0.25, 0.3) is 0 Å². The molecular formula is C14H19F3N4O. The van der Waals surface area contributed by atoms with E-state index in [9.17, 15) is 18.0 Å². The molecule has 0 aromatic heterocycles. The summed E-state index contributed by atoms with van der Waals surface area (Å²) in [5.41, 5.74) is 8.80. The molecule has 1 heterocycles. The minimum absolute atomic E-state index is 0.00107. The van der Waals surface area contributed by atoms with E-state index >= 15 is 0 Å². The second-order valence-corrected chi connectivity index (χ2v) is 5.95. The average Bonchev–Trinajstić information content (AvgIpc) is 2.42. The molecule has 5 nitrogen and oxygen atoms in total.